The van der Waals surface area contributed by atoms with Crippen LogP contribution in [0.15, 0.2) is 0 Å². The van der Waals surface area contributed by atoms with E-state index in [1.807, 2.05) is 7.05 Å². The molecule has 1 fully saturated rings. The molecule has 1 heterocycles. The van der Waals surface area contributed by atoms with E-state index in [1.54, 1.807) is 0 Å². The molecule has 1 aliphatic heterocycles. The van der Waals surface area contributed by atoms with Crippen molar-refractivity contribution in [2.75, 3.05) is 26.7 Å². The minimum Gasteiger partial charge on any atom is -0.434 e. The Morgan fingerprint density at radius 1 is 1.10 bits per heavy atom. The van der Waals surface area contributed by atoms with Gasteiger partial charge in [0.1, 0.15) is 6.10 Å². The van der Waals surface area contributed by atoms with Crippen molar-refractivity contribution in [1.82, 2.24) is 4.90 Å². The lowest BCUT2D eigenvalue weighted by atomic mass is 10.1. The van der Waals surface area contributed by atoms with E-state index in [1.165, 1.54) is 38.5 Å². The van der Waals surface area contributed by atoms with Crippen LogP contribution in [0.4, 0.5) is 4.79 Å². The Kier molecular flexibility index (Phi) is 9.46. The fourth-order valence-corrected chi connectivity index (χ4v) is 2.55. The van der Waals surface area contributed by atoms with E-state index in [-0.39, 0.29) is 6.10 Å². The Hall–Kier alpha value is -0.770. The van der Waals surface area contributed by atoms with Crippen LogP contribution >= 0.6 is 0 Å². The minimum atomic E-state index is -0.492. The monoisotopic (exact) mass is 285 g/mol. The average Bonchev–Trinajstić information content (AvgIpc) is 2.82. The van der Waals surface area contributed by atoms with Gasteiger partial charge in [-0.05, 0) is 19.9 Å². The van der Waals surface area contributed by atoms with Gasteiger partial charge in [-0.2, -0.15) is 0 Å². The molecule has 0 saturated carbocycles. The summed E-state index contributed by atoms with van der Waals surface area (Å²) >= 11 is 0. The Morgan fingerprint density at radius 2 is 1.75 bits per heavy atom. The molecule has 1 atom stereocenters. The third-order valence-corrected chi connectivity index (χ3v) is 3.83. The van der Waals surface area contributed by atoms with Gasteiger partial charge in [-0.15, -0.1) is 0 Å². The molecule has 1 rings (SSSR count). The molecular formula is C16H31NO3. The number of ether oxygens (including phenoxy) is 2. The zero-order valence-electron chi connectivity index (χ0n) is 13.2. The highest BCUT2D eigenvalue weighted by Gasteiger charge is 2.23. The van der Waals surface area contributed by atoms with Crippen molar-refractivity contribution in [1.29, 1.82) is 0 Å². The van der Waals surface area contributed by atoms with Crippen LogP contribution in [0.2, 0.25) is 0 Å². The van der Waals surface area contributed by atoms with Crippen molar-refractivity contribution < 1.29 is 14.3 Å². The van der Waals surface area contributed by atoms with Crippen LogP contribution in [-0.2, 0) is 9.47 Å². The largest absolute Gasteiger partial charge is 0.508 e. The molecule has 1 saturated heterocycles. The van der Waals surface area contributed by atoms with Gasteiger partial charge in [0.25, 0.3) is 0 Å². The Morgan fingerprint density at radius 3 is 2.35 bits per heavy atom. The standard InChI is InChI=1S/C16H31NO3/c1-3-4-5-6-7-8-9-10-13-19-16(18)20-15-11-12-17(2)14-15/h15H,3-14H2,1-2H3. The lowest BCUT2D eigenvalue weighted by Gasteiger charge is -2.12. The number of likely N-dealkylation sites (tertiary alicyclic amines) is 1. The third kappa shape index (κ3) is 8.41. The lowest BCUT2D eigenvalue weighted by molar-refractivity contribution is 0.0262. The van der Waals surface area contributed by atoms with Gasteiger partial charge in [-0.3, -0.25) is 0 Å². The minimum absolute atomic E-state index is 0.0195. The van der Waals surface area contributed by atoms with E-state index < -0.39 is 6.16 Å². The number of nitrogens with zero attached hydrogens (tertiary/aromatic N) is 1. The van der Waals surface area contributed by atoms with Gasteiger partial charge in [0.15, 0.2) is 0 Å². The van der Waals surface area contributed by atoms with Gasteiger partial charge in [0, 0.05) is 13.1 Å². The van der Waals surface area contributed by atoms with Crippen LogP contribution in [0.1, 0.15) is 64.7 Å². The van der Waals surface area contributed by atoms with Crippen LogP contribution in [0.3, 0.4) is 0 Å². The van der Waals surface area contributed by atoms with Crippen molar-refractivity contribution in [3.8, 4) is 0 Å². The van der Waals surface area contributed by atoms with E-state index >= 15 is 0 Å². The maximum absolute atomic E-state index is 11.4. The molecule has 0 aliphatic carbocycles. The molecule has 0 N–H and O–H groups in total. The predicted molar refractivity (Wildman–Crippen MR) is 80.9 cm³/mol. The summed E-state index contributed by atoms with van der Waals surface area (Å²) in [6.45, 7) is 4.55. The summed E-state index contributed by atoms with van der Waals surface area (Å²) in [4.78, 5) is 13.6. The van der Waals surface area contributed by atoms with E-state index in [9.17, 15) is 4.79 Å². The summed E-state index contributed by atoms with van der Waals surface area (Å²) in [6, 6.07) is 0. The van der Waals surface area contributed by atoms with Crippen molar-refractivity contribution in [3.63, 3.8) is 0 Å². The maximum atomic E-state index is 11.4. The number of carbonyl (C=O) groups is 1. The quantitative estimate of drug-likeness (QED) is 0.449. The lowest BCUT2D eigenvalue weighted by Crippen LogP contribution is -2.22. The smallest absolute Gasteiger partial charge is 0.434 e. The predicted octanol–water partition coefficient (Wildman–Crippen LogP) is 3.98. The highest BCUT2D eigenvalue weighted by Crippen LogP contribution is 2.12. The van der Waals surface area contributed by atoms with Gasteiger partial charge in [-0.1, -0.05) is 51.9 Å². The average molecular weight is 285 g/mol. The Labute approximate surface area is 123 Å². The molecule has 0 spiro atoms. The summed E-state index contributed by atoms with van der Waals surface area (Å²) in [5.41, 5.74) is 0. The van der Waals surface area contributed by atoms with Crippen LogP contribution in [0.5, 0.6) is 0 Å². The Bertz CT molecular complexity index is 258. The second kappa shape index (κ2) is 11.0. The fourth-order valence-electron chi connectivity index (χ4n) is 2.55. The molecule has 0 bridgehead atoms. The molecular weight excluding hydrogens is 254 g/mol. The molecule has 0 aromatic heterocycles. The molecule has 1 aliphatic rings. The number of likely N-dealkylation sites (N-methyl/N-ethyl adjacent to an activating group) is 1. The molecule has 20 heavy (non-hydrogen) atoms. The normalized spacial score (nSPS) is 19.2. The first-order chi connectivity index (χ1) is 9.72. The SMILES string of the molecule is CCCCCCCCCCOC(=O)OC1CCN(C)C1. The molecule has 4 heteroatoms. The molecule has 0 amide bonds. The van der Waals surface area contributed by atoms with E-state index in [4.69, 9.17) is 9.47 Å². The van der Waals surface area contributed by atoms with Gasteiger partial charge < -0.3 is 14.4 Å². The summed E-state index contributed by atoms with van der Waals surface area (Å²) in [7, 11) is 2.04. The topological polar surface area (TPSA) is 38.8 Å². The summed E-state index contributed by atoms with van der Waals surface area (Å²) in [5, 5.41) is 0. The first-order valence-corrected chi connectivity index (χ1v) is 8.24. The highest BCUT2D eigenvalue weighted by molar-refractivity contribution is 5.60. The molecule has 4 nitrogen and oxygen atoms in total. The van der Waals surface area contributed by atoms with Crippen molar-refractivity contribution in [2.24, 2.45) is 0 Å². The highest BCUT2D eigenvalue weighted by atomic mass is 16.7. The number of hydrogen-bond acceptors (Lipinski definition) is 4. The van der Waals surface area contributed by atoms with E-state index in [0.29, 0.717) is 6.61 Å². The van der Waals surface area contributed by atoms with Gasteiger partial charge >= 0.3 is 6.16 Å². The number of hydrogen-bond donors (Lipinski definition) is 0. The van der Waals surface area contributed by atoms with Crippen LogP contribution < -0.4 is 0 Å². The number of rotatable bonds is 10. The first kappa shape index (κ1) is 17.3. The number of carbonyl (C=O) groups excluding carboxylic acids is 1. The van der Waals surface area contributed by atoms with E-state index in [0.717, 1.165) is 32.4 Å². The van der Waals surface area contributed by atoms with Crippen molar-refractivity contribution in [3.05, 3.63) is 0 Å². The summed E-state index contributed by atoms with van der Waals surface area (Å²) in [6.07, 6.45) is 10.4. The van der Waals surface area contributed by atoms with Crippen LogP contribution in [0.25, 0.3) is 0 Å². The van der Waals surface area contributed by atoms with E-state index in [2.05, 4.69) is 11.8 Å². The van der Waals surface area contributed by atoms with Crippen LogP contribution in [-0.4, -0.2) is 43.9 Å². The zero-order valence-corrected chi connectivity index (χ0v) is 13.2. The maximum Gasteiger partial charge on any atom is 0.508 e. The second-order valence-corrected chi connectivity index (χ2v) is 5.86. The molecule has 1 unspecified atom stereocenters. The van der Waals surface area contributed by atoms with Gasteiger partial charge in [0.2, 0.25) is 0 Å². The molecule has 0 aromatic rings. The fraction of sp³-hybridized carbons (Fsp3) is 0.938. The van der Waals surface area contributed by atoms with Crippen molar-refractivity contribution >= 4 is 6.16 Å². The second-order valence-electron chi connectivity index (χ2n) is 5.86. The van der Waals surface area contributed by atoms with Crippen molar-refractivity contribution in [2.45, 2.75) is 70.8 Å². The van der Waals surface area contributed by atoms with Gasteiger partial charge in [-0.25, -0.2) is 4.79 Å². The zero-order chi connectivity index (χ0) is 14.6. The number of unbranched alkanes of at least 4 members (excludes halogenated alkanes) is 7. The van der Waals surface area contributed by atoms with Gasteiger partial charge in [0.05, 0.1) is 6.61 Å². The third-order valence-electron chi connectivity index (χ3n) is 3.83. The first-order valence-electron chi connectivity index (χ1n) is 8.24. The summed E-state index contributed by atoms with van der Waals surface area (Å²) in [5.74, 6) is 0. The Balaban J connectivity index is 1.84. The van der Waals surface area contributed by atoms with Crippen LogP contribution in [0, 0.1) is 0 Å². The molecule has 0 aromatic carbocycles. The summed E-state index contributed by atoms with van der Waals surface area (Å²) < 4.78 is 10.4. The molecule has 0 radical (unpaired) electrons. The molecule has 118 valence electrons.